The van der Waals surface area contributed by atoms with E-state index in [1.807, 2.05) is 20.8 Å². The topological polar surface area (TPSA) is 24.9 Å². The molecule has 5 heteroatoms. The maximum Gasteiger partial charge on any atom is 0.416 e. The van der Waals surface area contributed by atoms with E-state index in [0.29, 0.717) is 5.69 Å². The van der Waals surface area contributed by atoms with Crippen LogP contribution in [0, 0.1) is 5.92 Å². The zero-order chi connectivity index (χ0) is 13.9. The lowest BCUT2D eigenvalue weighted by Crippen LogP contribution is -2.32. The summed E-state index contributed by atoms with van der Waals surface area (Å²) in [6, 6.07) is 2.23. The molecule has 2 unspecified atom stereocenters. The van der Waals surface area contributed by atoms with Gasteiger partial charge in [-0.25, -0.2) is 0 Å². The first-order chi connectivity index (χ1) is 8.27. The van der Waals surface area contributed by atoms with Crippen LogP contribution in [0.2, 0.25) is 0 Å². The van der Waals surface area contributed by atoms with Crippen molar-refractivity contribution in [3.8, 4) is 0 Å². The number of nitrogens with one attached hydrogen (secondary N) is 1. The lowest BCUT2D eigenvalue weighted by Gasteiger charge is -2.27. The van der Waals surface area contributed by atoms with E-state index in [4.69, 9.17) is 0 Å². The molecule has 0 aliphatic heterocycles. The molecule has 0 aliphatic rings. The summed E-state index contributed by atoms with van der Waals surface area (Å²) in [6.07, 6.45) is -3.09. The molecule has 1 N–H and O–H groups in total. The number of likely N-dealkylation sites (N-methyl/N-ethyl adjacent to an activating group) is 1. The number of hydrogen-bond donors (Lipinski definition) is 1. The summed E-state index contributed by atoms with van der Waals surface area (Å²) in [7, 11) is 1.80. The van der Waals surface area contributed by atoms with Crippen LogP contribution in [0.3, 0.4) is 0 Å². The molecule has 0 radical (unpaired) electrons. The number of halogens is 3. The zero-order valence-electron chi connectivity index (χ0n) is 11.0. The maximum atomic E-state index is 12.7. The van der Waals surface area contributed by atoms with E-state index in [1.54, 1.807) is 7.05 Å². The van der Waals surface area contributed by atoms with Crippen molar-refractivity contribution in [3.63, 3.8) is 0 Å². The van der Waals surface area contributed by atoms with Gasteiger partial charge in [-0.2, -0.15) is 13.2 Å². The predicted molar refractivity (Wildman–Crippen MR) is 65.3 cm³/mol. The number of aromatic nitrogens is 1. The first-order valence-corrected chi connectivity index (χ1v) is 5.97. The Bertz CT molecular complexity index is 388. The minimum absolute atomic E-state index is 0.0442. The lowest BCUT2D eigenvalue weighted by atomic mass is 9.85. The summed E-state index contributed by atoms with van der Waals surface area (Å²) in [6.45, 7) is 5.92. The van der Waals surface area contributed by atoms with Gasteiger partial charge < -0.3 is 5.32 Å². The molecule has 0 aromatic carbocycles. The Labute approximate surface area is 106 Å². The fourth-order valence-corrected chi connectivity index (χ4v) is 2.16. The minimum atomic E-state index is -4.32. The Balaban J connectivity index is 3.14. The van der Waals surface area contributed by atoms with Gasteiger partial charge in [0.1, 0.15) is 0 Å². The normalized spacial score (nSPS) is 15.8. The van der Waals surface area contributed by atoms with Gasteiger partial charge in [0.05, 0.1) is 5.56 Å². The molecule has 102 valence electrons. The van der Waals surface area contributed by atoms with Crippen LogP contribution in [0.25, 0.3) is 0 Å². The lowest BCUT2D eigenvalue weighted by molar-refractivity contribution is -0.137. The summed E-state index contributed by atoms with van der Waals surface area (Å²) in [5.41, 5.74) is -0.150. The maximum absolute atomic E-state index is 12.7. The second-order valence-corrected chi connectivity index (χ2v) is 4.81. The first kappa shape index (κ1) is 15.0. The van der Waals surface area contributed by atoms with Crippen molar-refractivity contribution in [1.29, 1.82) is 0 Å². The fourth-order valence-electron chi connectivity index (χ4n) is 2.16. The van der Waals surface area contributed by atoms with Gasteiger partial charge >= 0.3 is 6.18 Å². The van der Waals surface area contributed by atoms with Gasteiger partial charge in [-0.1, -0.05) is 13.8 Å². The molecule has 0 amide bonds. The van der Waals surface area contributed by atoms with Gasteiger partial charge in [0.2, 0.25) is 0 Å². The van der Waals surface area contributed by atoms with Crippen LogP contribution in [-0.2, 0) is 6.18 Å². The molecule has 0 saturated heterocycles. The van der Waals surface area contributed by atoms with Gasteiger partial charge in [0, 0.05) is 23.9 Å². The molecule has 1 aromatic heterocycles. The number of hydrogen-bond acceptors (Lipinski definition) is 2. The molecule has 0 spiro atoms. The molecule has 1 aromatic rings. The molecule has 0 bridgehead atoms. The Morgan fingerprint density at radius 1 is 1.22 bits per heavy atom. The molecular formula is C13H19F3N2. The highest BCUT2D eigenvalue weighted by molar-refractivity contribution is 5.23. The van der Waals surface area contributed by atoms with Crippen molar-refractivity contribution < 1.29 is 13.2 Å². The summed E-state index contributed by atoms with van der Waals surface area (Å²) >= 11 is 0. The van der Waals surface area contributed by atoms with Gasteiger partial charge in [-0.3, -0.25) is 4.98 Å². The molecule has 1 heterocycles. The van der Waals surface area contributed by atoms with Gasteiger partial charge in [-0.15, -0.1) is 0 Å². The standard InChI is InChI=1S/C13H19F3N2/c1-8(2)12(9(3)17-4)11-7-10(5-6-18-11)13(14,15)16/h5-9,12,17H,1-4H3. The third-order valence-electron chi connectivity index (χ3n) is 3.16. The largest absolute Gasteiger partial charge is 0.416 e. The summed E-state index contributed by atoms with van der Waals surface area (Å²) < 4.78 is 38.0. The number of nitrogens with zero attached hydrogens (tertiary/aromatic N) is 1. The Morgan fingerprint density at radius 3 is 2.28 bits per heavy atom. The van der Waals surface area contributed by atoms with Crippen LogP contribution in [0.1, 0.15) is 37.9 Å². The van der Waals surface area contributed by atoms with Crippen molar-refractivity contribution in [2.45, 2.75) is 38.9 Å². The van der Waals surface area contributed by atoms with Crippen LogP contribution in [-0.4, -0.2) is 18.1 Å². The van der Waals surface area contributed by atoms with Gasteiger partial charge in [-0.05, 0) is 32.0 Å². The summed E-state index contributed by atoms with van der Waals surface area (Å²) in [5, 5.41) is 3.08. The summed E-state index contributed by atoms with van der Waals surface area (Å²) in [4.78, 5) is 4.10. The van der Waals surface area contributed by atoms with E-state index < -0.39 is 11.7 Å². The van der Waals surface area contributed by atoms with Crippen LogP contribution in [0.15, 0.2) is 18.3 Å². The van der Waals surface area contributed by atoms with Gasteiger partial charge in [0.25, 0.3) is 0 Å². The van der Waals surface area contributed by atoms with Crippen LogP contribution in [0.5, 0.6) is 0 Å². The van der Waals surface area contributed by atoms with Crippen LogP contribution in [0.4, 0.5) is 13.2 Å². The summed E-state index contributed by atoms with van der Waals surface area (Å²) in [5.74, 6) is 0.167. The average molecular weight is 260 g/mol. The fraction of sp³-hybridized carbons (Fsp3) is 0.615. The molecule has 1 rings (SSSR count). The molecule has 2 nitrogen and oxygen atoms in total. The van der Waals surface area contributed by atoms with E-state index in [1.165, 1.54) is 6.20 Å². The second kappa shape index (κ2) is 5.69. The third kappa shape index (κ3) is 3.45. The van der Waals surface area contributed by atoms with E-state index in [0.717, 1.165) is 12.1 Å². The Hall–Kier alpha value is -1.10. The molecule has 2 atom stereocenters. The van der Waals surface area contributed by atoms with Crippen molar-refractivity contribution in [3.05, 3.63) is 29.6 Å². The minimum Gasteiger partial charge on any atom is -0.317 e. The van der Waals surface area contributed by atoms with Crippen LogP contribution < -0.4 is 5.32 Å². The molecular weight excluding hydrogens is 241 g/mol. The molecule has 0 aliphatic carbocycles. The van der Waals surface area contributed by atoms with Gasteiger partial charge in [0.15, 0.2) is 0 Å². The average Bonchev–Trinajstić information content (AvgIpc) is 2.27. The van der Waals surface area contributed by atoms with Crippen molar-refractivity contribution in [2.24, 2.45) is 5.92 Å². The van der Waals surface area contributed by atoms with E-state index in [9.17, 15) is 13.2 Å². The van der Waals surface area contributed by atoms with Crippen molar-refractivity contribution in [2.75, 3.05) is 7.05 Å². The SMILES string of the molecule is CNC(C)C(c1cc(C(F)(F)F)ccn1)C(C)C. The van der Waals surface area contributed by atoms with E-state index >= 15 is 0 Å². The first-order valence-electron chi connectivity index (χ1n) is 5.97. The van der Waals surface area contributed by atoms with Crippen molar-refractivity contribution in [1.82, 2.24) is 10.3 Å². The monoisotopic (exact) mass is 260 g/mol. The number of rotatable bonds is 4. The molecule has 18 heavy (non-hydrogen) atoms. The Morgan fingerprint density at radius 2 is 1.83 bits per heavy atom. The van der Waals surface area contributed by atoms with Crippen molar-refractivity contribution >= 4 is 0 Å². The predicted octanol–water partition coefficient (Wildman–Crippen LogP) is 3.45. The van der Waals surface area contributed by atoms with E-state index in [2.05, 4.69) is 10.3 Å². The second-order valence-electron chi connectivity index (χ2n) is 4.81. The highest BCUT2D eigenvalue weighted by atomic mass is 19.4. The van der Waals surface area contributed by atoms with E-state index in [-0.39, 0.29) is 17.9 Å². The smallest absolute Gasteiger partial charge is 0.317 e. The third-order valence-corrected chi connectivity index (χ3v) is 3.16. The molecule has 0 saturated carbocycles. The van der Waals surface area contributed by atoms with Crippen LogP contribution >= 0.6 is 0 Å². The number of alkyl halides is 3. The Kier molecular flexibility index (Phi) is 4.73. The highest BCUT2D eigenvalue weighted by Crippen LogP contribution is 2.33. The number of pyridine rings is 1. The zero-order valence-corrected chi connectivity index (χ0v) is 11.0. The molecule has 0 fully saturated rings. The highest BCUT2D eigenvalue weighted by Gasteiger charge is 2.32. The quantitative estimate of drug-likeness (QED) is 0.897.